The van der Waals surface area contributed by atoms with Gasteiger partial charge in [0.25, 0.3) is 0 Å². The molecule has 1 aromatic heterocycles. The number of hydrogen-bond donors (Lipinski definition) is 0. The van der Waals surface area contributed by atoms with Crippen LogP contribution in [0.3, 0.4) is 0 Å². The Kier molecular flexibility index (Phi) is 5.80. The Morgan fingerprint density at radius 2 is 2.04 bits per heavy atom. The number of aromatic nitrogens is 1. The van der Waals surface area contributed by atoms with E-state index in [2.05, 4.69) is 9.72 Å². The van der Waals surface area contributed by atoms with Crippen LogP contribution in [0.15, 0.2) is 18.3 Å². The van der Waals surface area contributed by atoms with Gasteiger partial charge < -0.3 is 14.4 Å². The minimum Gasteiger partial charge on any atom is -0.460 e. The standard InChI is InChI=1S/C15H14F3N3O4/c16-15(17,18)14(23)24-9-13(22)25-11-2-5-21(6-3-11)12-7-10(8-19)1-4-20-12/h1,4,7,11H,2-3,5-6,9H2. The number of nitriles is 1. The Balaban J connectivity index is 1.77. The van der Waals surface area contributed by atoms with Crippen molar-refractivity contribution in [2.75, 3.05) is 24.6 Å². The number of piperidine rings is 1. The second kappa shape index (κ2) is 7.83. The Hall–Kier alpha value is -2.83. The molecule has 0 aliphatic carbocycles. The van der Waals surface area contributed by atoms with Gasteiger partial charge in [0.1, 0.15) is 11.9 Å². The highest BCUT2D eigenvalue weighted by atomic mass is 19.4. The molecule has 1 aromatic rings. The van der Waals surface area contributed by atoms with Gasteiger partial charge in [-0.1, -0.05) is 0 Å². The maximum Gasteiger partial charge on any atom is 0.490 e. The molecule has 25 heavy (non-hydrogen) atoms. The molecular weight excluding hydrogens is 343 g/mol. The van der Waals surface area contributed by atoms with Crippen LogP contribution in [-0.4, -0.2) is 48.9 Å². The van der Waals surface area contributed by atoms with E-state index in [-0.39, 0.29) is 0 Å². The number of halogens is 3. The zero-order valence-corrected chi connectivity index (χ0v) is 13.0. The van der Waals surface area contributed by atoms with Crippen LogP contribution < -0.4 is 4.90 Å². The summed E-state index contributed by atoms with van der Waals surface area (Å²) < 4.78 is 44.7. The van der Waals surface area contributed by atoms with Gasteiger partial charge in [-0.25, -0.2) is 14.6 Å². The summed E-state index contributed by atoms with van der Waals surface area (Å²) in [5.41, 5.74) is 0.477. The van der Waals surface area contributed by atoms with Crippen molar-refractivity contribution in [1.82, 2.24) is 4.98 Å². The van der Waals surface area contributed by atoms with Crippen molar-refractivity contribution in [2.24, 2.45) is 0 Å². The van der Waals surface area contributed by atoms with E-state index in [1.54, 1.807) is 12.1 Å². The fourth-order valence-corrected chi connectivity index (χ4v) is 2.29. The summed E-state index contributed by atoms with van der Waals surface area (Å²) in [6, 6.07) is 5.24. The molecule has 0 atom stereocenters. The molecule has 1 fully saturated rings. The van der Waals surface area contributed by atoms with Gasteiger partial charge in [-0.15, -0.1) is 0 Å². The molecule has 0 N–H and O–H groups in total. The van der Waals surface area contributed by atoms with E-state index in [9.17, 15) is 22.8 Å². The van der Waals surface area contributed by atoms with Gasteiger partial charge in [0.15, 0.2) is 6.61 Å². The lowest BCUT2D eigenvalue weighted by molar-refractivity contribution is -0.202. The SMILES string of the molecule is N#Cc1ccnc(N2CCC(OC(=O)COC(=O)C(F)(F)F)CC2)c1. The Labute approximate surface area is 140 Å². The van der Waals surface area contributed by atoms with Crippen LogP contribution >= 0.6 is 0 Å². The fourth-order valence-electron chi connectivity index (χ4n) is 2.29. The first-order valence-electron chi connectivity index (χ1n) is 7.34. The number of nitrogens with zero attached hydrogens (tertiary/aromatic N) is 3. The number of anilines is 1. The molecule has 0 unspecified atom stereocenters. The number of rotatable bonds is 4. The molecule has 2 rings (SSSR count). The Bertz CT molecular complexity index is 679. The molecule has 10 heteroatoms. The lowest BCUT2D eigenvalue weighted by Crippen LogP contribution is -2.39. The molecule has 7 nitrogen and oxygen atoms in total. The minimum atomic E-state index is -5.14. The second-order valence-electron chi connectivity index (χ2n) is 5.26. The van der Waals surface area contributed by atoms with Crippen molar-refractivity contribution in [3.05, 3.63) is 23.9 Å². The highest BCUT2D eigenvalue weighted by Crippen LogP contribution is 2.21. The van der Waals surface area contributed by atoms with Crippen molar-refractivity contribution in [3.8, 4) is 6.07 Å². The molecule has 0 bridgehead atoms. The maximum absolute atomic E-state index is 12.0. The monoisotopic (exact) mass is 357 g/mol. The molecule has 0 radical (unpaired) electrons. The number of esters is 2. The van der Waals surface area contributed by atoms with Gasteiger partial charge in [-0.3, -0.25) is 0 Å². The van der Waals surface area contributed by atoms with Crippen LogP contribution in [-0.2, 0) is 19.1 Å². The average molecular weight is 357 g/mol. The first-order valence-corrected chi connectivity index (χ1v) is 7.34. The number of carbonyl (C=O) groups excluding carboxylic acids is 2. The van der Waals surface area contributed by atoms with Gasteiger partial charge in [-0.05, 0) is 12.1 Å². The van der Waals surface area contributed by atoms with E-state index in [1.165, 1.54) is 6.20 Å². The van der Waals surface area contributed by atoms with Crippen molar-refractivity contribution in [1.29, 1.82) is 5.26 Å². The van der Waals surface area contributed by atoms with Crippen LogP contribution in [0.5, 0.6) is 0 Å². The molecule has 1 aliphatic heterocycles. The van der Waals surface area contributed by atoms with Gasteiger partial charge in [-0.2, -0.15) is 18.4 Å². The molecule has 0 saturated carbocycles. The zero-order valence-electron chi connectivity index (χ0n) is 13.0. The van der Waals surface area contributed by atoms with E-state index >= 15 is 0 Å². The zero-order chi connectivity index (χ0) is 18.4. The molecule has 134 valence electrons. The maximum atomic E-state index is 12.0. The molecule has 0 aromatic carbocycles. The average Bonchev–Trinajstić information content (AvgIpc) is 2.59. The lowest BCUT2D eigenvalue weighted by atomic mass is 10.1. The van der Waals surface area contributed by atoms with E-state index in [1.807, 2.05) is 11.0 Å². The number of ether oxygens (including phenoxy) is 2. The highest BCUT2D eigenvalue weighted by Gasteiger charge is 2.41. The van der Waals surface area contributed by atoms with Crippen molar-refractivity contribution >= 4 is 17.8 Å². The highest BCUT2D eigenvalue weighted by molar-refractivity contribution is 5.79. The summed E-state index contributed by atoms with van der Waals surface area (Å²) in [6.45, 7) is -0.0747. The van der Waals surface area contributed by atoms with Gasteiger partial charge in [0.2, 0.25) is 0 Å². The minimum absolute atomic E-state index is 0.442. The Morgan fingerprint density at radius 3 is 2.64 bits per heavy atom. The largest absolute Gasteiger partial charge is 0.490 e. The summed E-state index contributed by atoms with van der Waals surface area (Å²) >= 11 is 0. The van der Waals surface area contributed by atoms with E-state index in [4.69, 9.17) is 10.00 Å². The number of alkyl halides is 3. The smallest absolute Gasteiger partial charge is 0.460 e. The van der Waals surface area contributed by atoms with Gasteiger partial charge >= 0.3 is 18.1 Å². The van der Waals surface area contributed by atoms with Crippen molar-refractivity contribution in [2.45, 2.75) is 25.1 Å². The summed E-state index contributed by atoms with van der Waals surface area (Å²) in [4.78, 5) is 28.1. The molecule has 0 amide bonds. The topological polar surface area (TPSA) is 92.5 Å². The molecule has 1 saturated heterocycles. The summed E-state index contributed by atoms with van der Waals surface area (Å²) in [5.74, 6) is -2.83. The first-order chi connectivity index (χ1) is 11.8. The van der Waals surface area contributed by atoms with Crippen molar-refractivity contribution < 1.29 is 32.2 Å². The third-order valence-electron chi connectivity index (χ3n) is 3.49. The molecule has 1 aliphatic rings. The third kappa shape index (κ3) is 5.34. The predicted octanol–water partition coefficient (Wildman–Crippen LogP) is 1.57. The lowest BCUT2D eigenvalue weighted by Gasteiger charge is -2.32. The third-order valence-corrected chi connectivity index (χ3v) is 3.49. The number of carbonyl (C=O) groups is 2. The number of hydrogen-bond acceptors (Lipinski definition) is 7. The fraction of sp³-hybridized carbons (Fsp3) is 0.467. The predicted molar refractivity (Wildman–Crippen MR) is 77.3 cm³/mol. The molecular formula is C15H14F3N3O4. The summed E-state index contributed by atoms with van der Waals surface area (Å²) in [6.07, 6.45) is -3.21. The van der Waals surface area contributed by atoms with Crippen LogP contribution in [0.2, 0.25) is 0 Å². The Morgan fingerprint density at radius 1 is 1.36 bits per heavy atom. The molecule has 0 spiro atoms. The van der Waals surface area contributed by atoms with Gasteiger partial charge in [0, 0.05) is 32.1 Å². The van der Waals surface area contributed by atoms with Crippen LogP contribution in [0, 0.1) is 11.3 Å². The van der Waals surface area contributed by atoms with Gasteiger partial charge in [0.05, 0.1) is 11.6 Å². The molecule has 2 heterocycles. The second-order valence-corrected chi connectivity index (χ2v) is 5.26. The first kappa shape index (κ1) is 18.5. The van der Waals surface area contributed by atoms with E-state index in [0.717, 1.165) is 0 Å². The van der Waals surface area contributed by atoms with Crippen LogP contribution in [0.1, 0.15) is 18.4 Å². The normalized spacial score (nSPS) is 15.4. The van der Waals surface area contributed by atoms with E-state index < -0.39 is 30.8 Å². The van der Waals surface area contributed by atoms with Crippen LogP contribution in [0.4, 0.5) is 19.0 Å². The summed E-state index contributed by atoms with van der Waals surface area (Å²) in [7, 11) is 0. The van der Waals surface area contributed by atoms with Crippen LogP contribution in [0.25, 0.3) is 0 Å². The number of pyridine rings is 1. The quantitative estimate of drug-likeness (QED) is 0.755. The van der Waals surface area contributed by atoms with Crippen molar-refractivity contribution in [3.63, 3.8) is 0 Å². The summed E-state index contributed by atoms with van der Waals surface area (Å²) in [5, 5.41) is 8.88. The van der Waals surface area contributed by atoms with E-state index in [0.29, 0.717) is 37.3 Å².